The lowest BCUT2D eigenvalue weighted by Crippen LogP contribution is -2.52. The third-order valence-corrected chi connectivity index (χ3v) is 4.47. The minimum absolute atomic E-state index is 0.240. The maximum Gasteiger partial charge on any atom is 0.417 e. The minimum atomic E-state index is -4.86. The Morgan fingerprint density at radius 2 is 1.85 bits per heavy atom. The van der Waals surface area contributed by atoms with Crippen LogP contribution in [0.25, 0.3) is 0 Å². The van der Waals surface area contributed by atoms with E-state index in [1.807, 2.05) is 4.90 Å². The predicted octanol–water partition coefficient (Wildman–Crippen LogP) is 2.18. The molecule has 1 aromatic rings. The standard InChI is InChI=1S/C17H22F4N2O3/c1-16(25,17(19,20)21)10-15(24)23-7-5-22(6-8-23)11-12-9-13(18)3-4-14(12)26-2/h3-4,9,25H,5-8,10-11H2,1-2H3/t16-/m0/s1. The van der Waals surface area contributed by atoms with E-state index in [2.05, 4.69) is 0 Å². The van der Waals surface area contributed by atoms with Gasteiger partial charge in [0.2, 0.25) is 5.91 Å². The van der Waals surface area contributed by atoms with Crippen molar-refractivity contribution in [2.75, 3.05) is 33.3 Å². The molecule has 1 fully saturated rings. The molecule has 1 atom stereocenters. The molecule has 1 N–H and O–H groups in total. The molecular weight excluding hydrogens is 356 g/mol. The second kappa shape index (κ2) is 7.79. The Morgan fingerprint density at radius 1 is 1.23 bits per heavy atom. The number of nitrogens with zero attached hydrogens (tertiary/aromatic N) is 2. The molecule has 1 saturated heterocycles. The molecule has 0 aromatic heterocycles. The molecule has 0 aliphatic carbocycles. The van der Waals surface area contributed by atoms with Gasteiger partial charge in [-0.2, -0.15) is 13.2 Å². The Kier molecular flexibility index (Phi) is 6.13. The van der Waals surface area contributed by atoms with Crippen LogP contribution in [0.1, 0.15) is 18.9 Å². The van der Waals surface area contributed by atoms with Crippen molar-refractivity contribution in [1.82, 2.24) is 9.80 Å². The van der Waals surface area contributed by atoms with Crippen LogP contribution in [0.15, 0.2) is 18.2 Å². The molecule has 1 aliphatic heterocycles. The summed E-state index contributed by atoms with van der Waals surface area (Å²) in [5.41, 5.74) is -2.39. The van der Waals surface area contributed by atoms with Crippen LogP contribution in [0.3, 0.4) is 0 Å². The molecule has 1 aromatic carbocycles. The zero-order valence-electron chi connectivity index (χ0n) is 14.6. The summed E-state index contributed by atoms with van der Waals surface area (Å²) >= 11 is 0. The molecule has 0 radical (unpaired) electrons. The molecule has 0 unspecified atom stereocenters. The van der Waals surface area contributed by atoms with E-state index in [4.69, 9.17) is 4.74 Å². The van der Waals surface area contributed by atoms with Gasteiger partial charge in [0.1, 0.15) is 11.6 Å². The molecule has 9 heteroatoms. The number of carbonyl (C=O) groups excluding carboxylic acids is 1. The lowest BCUT2D eigenvalue weighted by Gasteiger charge is -2.36. The van der Waals surface area contributed by atoms with Crippen molar-refractivity contribution in [3.63, 3.8) is 0 Å². The molecule has 146 valence electrons. The summed E-state index contributed by atoms with van der Waals surface area (Å²) in [7, 11) is 1.49. The fourth-order valence-electron chi connectivity index (χ4n) is 2.77. The van der Waals surface area contributed by atoms with Crippen molar-refractivity contribution in [3.05, 3.63) is 29.6 Å². The zero-order chi connectivity index (χ0) is 19.5. The fourth-order valence-corrected chi connectivity index (χ4v) is 2.77. The monoisotopic (exact) mass is 378 g/mol. The van der Waals surface area contributed by atoms with Gasteiger partial charge in [0.05, 0.1) is 13.5 Å². The molecule has 0 bridgehead atoms. The number of halogens is 4. The Bertz CT molecular complexity index is 641. The van der Waals surface area contributed by atoms with E-state index >= 15 is 0 Å². The van der Waals surface area contributed by atoms with E-state index in [0.29, 0.717) is 37.9 Å². The van der Waals surface area contributed by atoms with E-state index in [1.165, 1.54) is 30.2 Å². The van der Waals surface area contributed by atoms with Gasteiger partial charge < -0.3 is 14.7 Å². The van der Waals surface area contributed by atoms with Crippen molar-refractivity contribution in [2.45, 2.75) is 31.7 Å². The molecule has 0 saturated carbocycles. The molecular formula is C17H22F4N2O3. The van der Waals surface area contributed by atoms with Crippen molar-refractivity contribution >= 4 is 5.91 Å². The lowest BCUT2D eigenvalue weighted by atomic mass is 10.0. The van der Waals surface area contributed by atoms with Crippen LogP contribution < -0.4 is 4.74 Å². The van der Waals surface area contributed by atoms with E-state index in [9.17, 15) is 27.5 Å². The topological polar surface area (TPSA) is 53.0 Å². The lowest BCUT2D eigenvalue weighted by molar-refractivity contribution is -0.254. The third-order valence-electron chi connectivity index (χ3n) is 4.47. The number of carbonyl (C=O) groups is 1. The maximum atomic E-state index is 13.4. The normalized spacial score (nSPS) is 18.5. The maximum absolute atomic E-state index is 13.4. The number of hydrogen-bond donors (Lipinski definition) is 1. The van der Waals surface area contributed by atoms with E-state index in [-0.39, 0.29) is 18.9 Å². The highest BCUT2D eigenvalue weighted by Crippen LogP contribution is 2.33. The van der Waals surface area contributed by atoms with Crippen LogP contribution in [0, 0.1) is 5.82 Å². The summed E-state index contributed by atoms with van der Waals surface area (Å²) in [6.45, 7) is 2.34. The molecule has 1 heterocycles. The first-order chi connectivity index (χ1) is 12.0. The van der Waals surface area contributed by atoms with Gasteiger partial charge in [0, 0.05) is 38.3 Å². The summed E-state index contributed by atoms with van der Waals surface area (Å²) in [5.74, 6) is -0.578. The van der Waals surface area contributed by atoms with Gasteiger partial charge in [0.25, 0.3) is 0 Å². The van der Waals surface area contributed by atoms with Crippen molar-refractivity contribution in [2.24, 2.45) is 0 Å². The molecule has 5 nitrogen and oxygen atoms in total. The summed E-state index contributed by atoms with van der Waals surface area (Å²) in [6.07, 6.45) is -5.87. The Hall–Kier alpha value is -1.87. The Balaban J connectivity index is 1.91. The number of hydrogen-bond acceptors (Lipinski definition) is 4. The van der Waals surface area contributed by atoms with Crippen LogP contribution in [0.5, 0.6) is 5.75 Å². The number of alkyl halides is 3. The molecule has 0 spiro atoms. The number of rotatable bonds is 5. The zero-order valence-corrected chi connectivity index (χ0v) is 14.6. The van der Waals surface area contributed by atoms with Crippen LogP contribution in [0.2, 0.25) is 0 Å². The SMILES string of the molecule is COc1ccc(F)cc1CN1CCN(C(=O)C[C@](C)(O)C(F)(F)F)CC1. The van der Waals surface area contributed by atoms with Gasteiger partial charge in [-0.25, -0.2) is 4.39 Å². The predicted molar refractivity (Wildman–Crippen MR) is 86.1 cm³/mol. The first-order valence-corrected chi connectivity index (χ1v) is 8.15. The first kappa shape index (κ1) is 20.4. The van der Waals surface area contributed by atoms with Crippen LogP contribution in [-0.4, -0.2) is 65.9 Å². The highest BCUT2D eigenvalue weighted by Gasteiger charge is 2.51. The number of benzene rings is 1. The third kappa shape index (κ3) is 4.85. The highest BCUT2D eigenvalue weighted by molar-refractivity contribution is 5.77. The highest BCUT2D eigenvalue weighted by atomic mass is 19.4. The van der Waals surface area contributed by atoms with Gasteiger partial charge in [-0.3, -0.25) is 9.69 Å². The molecule has 26 heavy (non-hydrogen) atoms. The van der Waals surface area contributed by atoms with Crippen LogP contribution >= 0.6 is 0 Å². The van der Waals surface area contributed by atoms with Gasteiger partial charge >= 0.3 is 6.18 Å². The number of ether oxygens (including phenoxy) is 1. The van der Waals surface area contributed by atoms with Crippen molar-refractivity contribution in [1.29, 1.82) is 0 Å². The molecule has 2 rings (SSSR count). The summed E-state index contributed by atoms with van der Waals surface area (Å²) < 4.78 is 56.7. The second-order valence-electron chi connectivity index (χ2n) is 6.56. The largest absolute Gasteiger partial charge is 0.496 e. The average Bonchev–Trinajstić information content (AvgIpc) is 2.54. The van der Waals surface area contributed by atoms with E-state index in [0.717, 1.165) is 0 Å². The van der Waals surface area contributed by atoms with Gasteiger partial charge in [-0.1, -0.05) is 0 Å². The number of piperazine rings is 1. The number of amides is 1. The van der Waals surface area contributed by atoms with E-state index < -0.39 is 24.1 Å². The summed E-state index contributed by atoms with van der Waals surface area (Å²) in [4.78, 5) is 15.3. The molecule has 1 aliphatic rings. The van der Waals surface area contributed by atoms with Gasteiger partial charge in [0.15, 0.2) is 5.60 Å². The number of aliphatic hydroxyl groups is 1. The van der Waals surface area contributed by atoms with Crippen molar-refractivity contribution < 1.29 is 32.2 Å². The van der Waals surface area contributed by atoms with Gasteiger partial charge in [-0.05, 0) is 25.1 Å². The van der Waals surface area contributed by atoms with Gasteiger partial charge in [-0.15, -0.1) is 0 Å². The second-order valence-corrected chi connectivity index (χ2v) is 6.56. The van der Waals surface area contributed by atoms with Crippen LogP contribution in [0.4, 0.5) is 17.6 Å². The smallest absolute Gasteiger partial charge is 0.417 e. The summed E-state index contributed by atoms with van der Waals surface area (Å²) in [6, 6.07) is 4.20. The Labute approximate surface area is 149 Å². The average molecular weight is 378 g/mol. The summed E-state index contributed by atoms with van der Waals surface area (Å²) in [5, 5.41) is 9.45. The fraction of sp³-hybridized carbons (Fsp3) is 0.588. The minimum Gasteiger partial charge on any atom is -0.496 e. The Morgan fingerprint density at radius 3 is 2.38 bits per heavy atom. The number of methoxy groups -OCH3 is 1. The van der Waals surface area contributed by atoms with Crippen LogP contribution in [-0.2, 0) is 11.3 Å². The first-order valence-electron chi connectivity index (χ1n) is 8.15. The van der Waals surface area contributed by atoms with Crippen molar-refractivity contribution in [3.8, 4) is 5.75 Å². The quantitative estimate of drug-likeness (QED) is 0.798. The molecule has 1 amide bonds. The van der Waals surface area contributed by atoms with E-state index in [1.54, 1.807) is 0 Å².